The van der Waals surface area contributed by atoms with Gasteiger partial charge in [-0.3, -0.25) is 0 Å². The highest BCUT2D eigenvalue weighted by atomic mass is 32.2. The first kappa shape index (κ1) is 16.2. The second-order valence-corrected chi connectivity index (χ2v) is 7.70. The molecule has 120 valence electrons. The Labute approximate surface area is 120 Å². The number of aromatic nitrogens is 2. The monoisotopic (exact) mass is 327 g/mol. The number of hydrogen-bond donors (Lipinski definition) is 0. The molecule has 0 saturated carbocycles. The van der Waals surface area contributed by atoms with Gasteiger partial charge in [-0.25, -0.2) is 12.7 Å². The van der Waals surface area contributed by atoms with Gasteiger partial charge in [-0.2, -0.15) is 13.2 Å². The van der Waals surface area contributed by atoms with E-state index in [1.54, 1.807) is 13.8 Å². The van der Waals surface area contributed by atoms with Gasteiger partial charge in [0.2, 0.25) is 15.9 Å². The van der Waals surface area contributed by atoms with Crippen LogP contribution < -0.4 is 0 Å². The minimum atomic E-state index is -4.66. The predicted molar refractivity (Wildman–Crippen MR) is 66.9 cm³/mol. The second-order valence-electron chi connectivity index (χ2n) is 5.21. The minimum Gasteiger partial charge on any atom is -0.417 e. The number of hydrogen-bond acceptors (Lipinski definition) is 5. The van der Waals surface area contributed by atoms with E-state index in [2.05, 4.69) is 14.6 Å². The molecule has 1 saturated heterocycles. The van der Waals surface area contributed by atoms with Crippen molar-refractivity contribution in [1.29, 1.82) is 0 Å². The van der Waals surface area contributed by atoms with Crippen LogP contribution in [0.3, 0.4) is 0 Å². The highest BCUT2D eigenvalue weighted by Gasteiger charge is 2.39. The van der Waals surface area contributed by atoms with Crippen molar-refractivity contribution >= 4 is 10.0 Å². The number of nitrogens with zero attached hydrogens (tertiary/aromatic N) is 3. The van der Waals surface area contributed by atoms with Crippen LogP contribution in [0, 0.1) is 0 Å². The van der Waals surface area contributed by atoms with Crippen molar-refractivity contribution in [3.8, 4) is 0 Å². The second kappa shape index (κ2) is 5.56. The minimum absolute atomic E-state index is 0.0797. The zero-order chi connectivity index (χ0) is 15.8. The average molecular weight is 327 g/mol. The van der Waals surface area contributed by atoms with Crippen molar-refractivity contribution in [2.45, 2.75) is 44.0 Å². The first-order valence-electron chi connectivity index (χ1n) is 6.52. The van der Waals surface area contributed by atoms with E-state index < -0.39 is 27.3 Å². The van der Waals surface area contributed by atoms with Gasteiger partial charge in [0.1, 0.15) is 0 Å². The largest absolute Gasteiger partial charge is 0.470 e. The van der Waals surface area contributed by atoms with Gasteiger partial charge in [-0.1, -0.05) is 0 Å². The van der Waals surface area contributed by atoms with Gasteiger partial charge in [0, 0.05) is 19.0 Å². The molecule has 0 bridgehead atoms. The lowest BCUT2D eigenvalue weighted by Crippen LogP contribution is -2.41. The van der Waals surface area contributed by atoms with Crippen LogP contribution in [0.5, 0.6) is 0 Å². The Balaban J connectivity index is 2.03. The van der Waals surface area contributed by atoms with Gasteiger partial charge in [0.25, 0.3) is 0 Å². The molecule has 0 aliphatic carbocycles. The lowest BCUT2D eigenvalue weighted by atomic mass is 9.98. The molecular formula is C11H16F3N3O3S. The Morgan fingerprint density at radius 1 is 1.24 bits per heavy atom. The van der Waals surface area contributed by atoms with Gasteiger partial charge in [0.05, 0.1) is 5.25 Å². The van der Waals surface area contributed by atoms with Crippen molar-refractivity contribution in [2.75, 3.05) is 13.1 Å². The standard InChI is InChI=1S/C11H16F3N3O3S/c1-7(2)21(18,19)17-5-3-8(4-6-17)9-15-16-10(20-9)11(12,13)14/h7-8H,3-6H2,1-2H3. The van der Waals surface area contributed by atoms with Crippen LogP contribution in [0.2, 0.25) is 0 Å². The molecule has 6 nitrogen and oxygen atoms in total. The maximum absolute atomic E-state index is 12.4. The molecule has 10 heteroatoms. The molecule has 0 spiro atoms. The molecule has 0 radical (unpaired) electrons. The van der Waals surface area contributed by atoms with Crippen LogP contribution in [-0.4, -0.2) is 41.3 Å². The average Bonchev–Trinajstić information content (AvgIpc) is 2.88. The first-order valence-corrected chi connectivity index (χ1v) is 8.02. The summed E-state index contributed by atoms with van der Waals surface area (Å²) in [4.78, 5) is 0. The van der Waals surface area contributed by atoms with E-state index in [0.717, 1.165) is 0 Å². The van der Waals surface area contributed by atoms with Gasteiger partial charge >= 0.3 is 12.1 Å². The zero-order valence-electron chi connectivity index (χ0n) is 11.6. The van der Waals surface area contributed by atoms with E-state index in [9.17, 15) is 21.6 Å². The van der Waals surface area contributed by atoms with Gasteiger partial charge in [-0.15, -0.1) is 10.2 Å². The van der Waals surface area contributed by atoms with Crippen molar-refractivity contribution < 1.29 is 26.0 Å². The fourth-order valence-corrected chi connectivity index (χ4v) is 3.49. The van der Waals surface area contributed by atoms with Crippen LogP contribution in [0.4, 0.5) is 13.2 Å². The summed E-state index contributed by atoms with van der Waals surface area (Å²) in [6.45, 7) is 3.67. The Hall–Kier alpha value is -1.16. The van der Waals surface area contributed by atoms with E-state index in [0.29, 0.717) is 12.8 Å². The third-order valence-electron chi connectivity index (χ3n) is 3.44. The van der Waals surface area contributed by atoms with E-state index in [1.165, 1.54) is 4.31 Å². The highest BCUT2D eigenvalue weighted by Crippen LogP contribution is 2.33. The third kappa shape index (κ3) is 3.37. The van der Waals surface area contributed by atoms with Crippen LogP contribution >= 0.6 is 0 Å². The first-order chi connectivity index (χ1) is 9.62. The molecule has 1 aliphatic heterocycles. The number of piperidine rings is 1. The summed E-state index contributed by atoms with van der Waals surface area (Å²) in [5.74, 6) is -1.79. The maximum Gasteiger partial charge on any atom is 0.470 e. The molecule has 1 aromatic heterocycles. The van der Waals surface area contributed by atoms with E-state index >= 15 is 0 Å². The third-order valence-corrected chi connectivity index (χ3v) is 5.72. The number of rotatable bonds is 3. The molecule has 0 atom stereocenters. The van der Waals surface area contributed by atoms with Gasteiger partial charge in [0.15, 0.2) is 0 Å². The molecule has 21 heavy (non-hydrogen) atoms. The Bertz CT molecular complexity index is 589. The lowest BCUT2D eigenvalue weighted by molar-refractivity contribution is -0.157. The quantitative estimate of drug-likeness (QED) is 0.849. The molecule has 0 N–H and O–H groups in total. The van der Waals surface area contributed by atoms with Crippen LogP contribution in [0.1, 0.15) is 44.4 Å². The molecule has 1 fully saturated rings. The van der Waals surface area contributed by atoms with Crippen molar-refractivity contribution in [2.24, 2.45) is 0 Å². The number of alkyl halides is 3. The Morgan fingerprint density at radius 3 is 2.24 bits per heavy atom. The normalized spacial score (nSPS) is 19.3. The SMILES string of the molecule is CC(C)S(=O)(=O)N1CCC(c2nnc(C(F)(F)F)o2)CC1. The van der Waals surface area contributed by atoms with Crippen LogP contribution in [-0.2, 0) is 16.2 Å². The lowest BCUT2D eigenvalue weighted by Gasteiger charge is -2.30. The van der Waals surface area contributed by atoms with Crippen molar-refractivity contribution in [3.63, 3.8) is 0 Å². The maximum atomic E-state index is 12.4. The Morgan fingerprint density at radius 2 is 1.81 bits per heavy atom. The summed E-state index contributed by atoms with van der Waals surface area (Å²) in [5.41, 5.74) is 0. The highest BCUT2D eigenvalue weighted by molar-refractivity contribution is 7.89. The van der Waals surface area contributed by atoms with Crippen molar-refractivity contribution in [3.05, 3.63) is 11.8 Å². The molecular weight excluding hydrogens is 311 g/mol. The molecule has 1 aliphatic rings. The van der Waals surface area contributed by atoms with Gasteiger partial charge in [-0.05, 0) is 26.7 Å². The molecule has 0 amide bonds. The van der Waals surface area contributed by atoms with Gasteiger partial charge < -0.3 is 4.42 Å². The summed E-state index contributed by atoms with van der Waals surface area (Å²) in [6.07, 6.45) is -3.93. The molecule has 0 aromatic carbocycles. The number of sulfonamides is 1. The smallest absolute Gasteiger partial charge is 0.417 e. The zero-order valence-corrected chi connectivity index (χ0v) is 12.4. The predicted octanol–water partition coefficient (Wildman–Crippen LogP) is 2.01. The van der Waals surface area contributed by atoms with E-state index in [1.807, 2.05) is 0 Å². The molecule has 1 aromatic rings. The summed E-state index contributed by atoms with van der Waals surface area (Å²) < 4.78 is 67.2. The summed E-state index contributed by atoms with van der Waals surface area (Å²) in [6, 6.07) is 0. The van der Waals surface area contributed by atoms with E-state index in [-0.39, 0.29) is 24.9 Å². The summed E-state index contributed by atoms with van der Waals surface area (Å²) in [5, 5.41) is 5.89. The summed E-state index contributed by atoms with van der Waals surface area (Å²) in [7, 11) is -3.34. The number of halogens is 3. The van der Waals surface area contributed by atoms with E-state index in [4.69, 9.17) is 0 Å². The topological polar surface area (TPSA) is 76.3 Å². The molecule has 0 unspecified atom stereocenters. The fourth-order valence-electron chi connectivity index (χ4n) is 2.17. The van der Waals surface area contributed by atoms with Crippen LogP contribution in [0.25, 0.3) is 0 Å². The fraction of sp³-hybridized carbons (Fsp3) is 0.818. The Kier molecular flexibility index (Phi) is 4.29. The molecule has 2 rings (SSSR count). The molecule has 2 heterocycles. The summed E-state index contributed by atoms with van der Waals surface area (Å²) >= 11 is 0. The van der Waals surface area contributed by atoms with Crippen LogP contribution in [0.15, 0.2) is 4.42 Å². The van der Waals surface area contributed by atoms with Crippen molar-refractivity contribution in [1.82, 2.24) is 14.5 Å².